The Morgan fingerprint density at radius 2 is 2.10 bits per heavy atom. The van der Waals surface area contributed by atoms with E-state index in [2.05, 4.69) is 12.2 Å². The van der Waals surface area contributed by atoms with Gasteiger partial charge in [-0.25, -0.2) is 0 Å². The van der Waals surface area contributed by atoms with E-state index >= 15 is 0 Å². The SMILES string of the molecule is CCc1ccc(C(=O)NC2C3CCC(C3)C2C(=O)O)s1. The van der Waals surface area contributed by atoms with Gasteiger partial charge < -0.3 is 10.4 Å². The van der Waals surface area contributed by atoms with Gasteiger partial charge in [0.15, 0.2) is 0 Å². The second-order valence-corrected chi connectivity index (χ2v) is 6.98. The summed E-state index contributed by atoms with van der Waals surface area (Å²) < 4.78 is 0. The van der Waals surface area contributed by atoms with Crippen molar-refractivity contribution in [1.29, 1.82) is 0 Å². The smallest absolute Gasteiger partial charge is 0.308 e. The van der Waals surface area contributed by atoms with E-state index in [1.165, 1.54) is 16.2 Å². The number of amides is 1. The second-order valence-electron chi connectivity index (χ2n) is 5.82. The number of aryl methyl sites for hydroxylation is 1. The summed E-state index contributed by atoms with van der Waals surface area (Å²) in [6.45, 7) is 2.06. The van der Waals surface area contributed by atoms with E-state index in [1.807, 2.05) is 12.1 Å². The molecule has 1 amide bonds. The molecule has 20 heavy (non-hydrogen) atoms. The predicted octanol–water partition coefficient (Wildman–Crippen LogP) is 2.54. The largest absolute Gasteiger partial charge is 0.481 e. The summed E-state index contributed by atoms with van der Waals surface area (Å²) in [5.41, 5.74) is 0. The molecule has 108 valence electrons. The molecule has 2 N–H and O–H groups in total. The van der Waals surface area contributed by atoms with E-state index in [0.29, 0.717) is 10.8 Å². The number of carboxylic acids is 1. The molecule has 2 aliphatic rings. The zero-order valence-corrected chi connectivity index (χ0v) is 12.3. The lowest BCUT2D eigenvalue weighted by atomic mass is 9.84. The molecule has 4 unspecified atom stereocenters. The van der Waals surface area contributed by atoms with Crippen molar-refractivity contribution >= 4 is 23.2 Å². The average Bonchev–Trinajstić information content (AvgIpc) is 3.13. The van der Waals surface area contributed by atoms with Crippen LogP contribution < -0.4 is 5.32 Å². The normalized spacial score (nSPS) is 31.4. The lowest BCUT2D eigenvalue weighted by Crippen LogP contribution is -2.46. The molecule has 0 saturated heterocycles. The van der Waals surface area contributed by atoms with Gasteiger partial charge in [0.05, 0.1) is 10.8 Å². The lowest BCUT2D eigenvalue weighted by Gasteiger charge is -2.28. The Morgan fingerprint density at radius 1 is 1.35 bits per heavy atom. The van der Waals surface area contributed by atoms with Crippen molar-refractivity contribution in [3.63, 3.8) is 0 Å². The highest BCUT2D eigenvalue weighted by Crippen LogP contribution is 2.48. The minimum Gasteiger partial charge on any atom is -0.481 e. The first-order valence-corrected chi connectivity index (χ1v) is 8.04. The number of thiophene rings is 1. The zero-order valence-electron chi connectivity index (χ0n) is 11.5. The minimum atomic E-state index is -0.761. The fraction of sp³-hybridized carbons (Fsp3) is 0.600. The van der Waals surface area contributed by atoms with Gasteiger partial charge in [-0.2, -0.15) is 0 Å². The molecule has 0 aliphatic heterocycles. The molecule has 4 nitrogen and oxygen atoms in total. The predicted molar refractivity (Wildman–Crippen MR) is 76.9 cm³/mol. The quantitative estimate of drug-likeness (QED) is 0.896. The maximum atomic E-state index is 12.3. The molecular weight excluding hydrogens is 274 g/mol. The molecule has 2 aliphatic carbocycles. The van der Waals surface area contributed by atoms with Crippen LogP contribution in [0.3, 0.4) is 0 Å². The molecule has 0 spiro atoms. The highest BCUT2D eigenvalue weighted by Gasteiger charge is 2.51. The average molecular weight is 293 g/mol. The van der Waals surface area contributed by atoms with Gasteiger partial charge in [0.25, 0.3) is 5.91 Å². The molecule has 5 heteroatoms. The van der Waals surface area contributed by atoms with Crippen molar-refractivity contribution in [1.82, 2.24) is 5.32 Å². The van der Waals surface area contributed by atoms with Crippen LogP contribution in [0.5, 0.6) is 0 Å². The van der Waals surface area contributed by atoms with Gasteiger partial charge in [0.2, 0.25) is 0 Å². The monoisotopic (exact) mass is 293 g/mol. The summed E-state index contributed by atoms with van der Waals surface area (Å²) >= 11 is 1.49. The van der Waals surface area contributed by atoms with Crippen LogP contribution >= 0.6 is 11.3 Å². The number of hydrogen-bond donors (Lipinski definition) is 2. The van der Waals surface area contributed by atoms with Gasteiger partial charge >= 0.3 is 5.97 Å². The molecule has 0 radical (unpaired) electrons. The Bertz CT molecular complexity index is 539. The van der Waals surface area contributed by atoms with E-state index in [0.717, 1.165) is 25.7 Å². The van der Waals surface area contributed by atoms with Gasteiger partial charge in [0, 0.05) is 10.9 Å². The van der Waals surface area contributed by atoms with Crippen molar-refractivity contribution in [3.05, 3.63) is 21.9 Å². The summed E-state index contributed by atoms with van der Waals surface area (Å²) in [7, 11) is 0. The minimum absolute atomic E-state index is 0.113. The Balaban J connectivity index is 1.73. The van der Waals surface area contributed by atoms with Crippen molar-refractivity contribution in [2.24, 2.45) is 17.8 Å². The van der Waals surface area contributed by atoms with Crippen LogP contribution in [0.15, 0.2) is 12.1 Å². The molecule has 1 aromatic rings. The summed E-state index contributed by atoms with van der Waals surface area (Å²) in [6, 6.07) is 3.61. The van der Waals surface area contributed by atoms with Gasteiger partial charge in [-0.15, -0.1) is 11.3 Å². The van der Waals surface area contributed by atoms with E-state index in [9.17, 15) is 14.7 Å². The Labute approximate surface area is 122 Å². The van der Waals surface area contributed by atoms with Crippen LogP contribution in [0.4, 0.5) is 0 Å². The first-order valence-electron chi connectivity index (χ1n) is 7.22. The summed E-state index contributed by atoms with van der Waals surface area (Å²) in [4.78, 5) is 25.6. The number of nitrogens with one attached hydrogen (secondary N) is 1. The molecular formula is C15H19NO3S. The van der Waals surface area contributed by atoms with Crippen molar-refractivity contribution in [3.8, 4) is 0 Å². The molecule has 3 rings (SSSR count). The number of carbonyl (C=O) groups is 2. The fourth-order valence-electron chi connectivity index (χ4n) is 3.77. The third-order valence-electron chi connectivity index (χ3n) is 4.73. The van der Waals surface area contributed by atoms with E-state index < -0.39 is 11.9 Å². The lowest BCUT2D eigenvalue weighted by molar-refractivity contribution is -0.144. The van der Waals surface area contributed by atoms with Crippen molar-refractivity contribution in [2.45, 2.75) is 38.6 Å². The fourth-order valence-corrected chi connectivity index (χ4v) is 4.62. The Morgan fingerprint density at radius 3 is 2.75 bits per heavy atom. The van der Waals surface area contributed by atoms with Gasteiger partial charge in [-0.1, -0.05) is 6.92 Å². The summed E-state index contributed by atoms with van der Waals surface area (Å²) in [5.74, 6) is -0.683. The molecule has 2 fully saturated rings. The molecule has 1 heterocycles. The number of aliphatic carboxylic acids is 1. The third-order valence-corrected chi connectivity index (χ3v) is 5.96. The maximum Gasteiger partial charge on any atom is 0.308 e. The van der Waals surface area contributed by atoms with Crippen LogP contribution in [0, 0.1) is 17.8 Å². The zero-order chi connectivity index (χ0) is 14.3. The third kappa shape index (κ3) is 2.24. The van der Waals surface area contributed by atoms with E-state index in [1.54, 1.807) is 0 Å². The van der Waals surface area contributed by atoms with Gasteiger partial charge in [0.1, 0.15) is 0 Å². The van der Waals surface area contributed by atoms with Crippen LogP contribution in [-0.2, 0) is 11.2 Å². The van der Waals surface area contributed by atoms with Crippen molar-refractivity contribution in [2.75, 3.05) is 0 Å². The number of carboxylic acid groups (broad SMARTS) is 1. The Kier molecular flexibility index (Phi) is 3.54. The standard InChI is InChI=1S/C15H19NO3S/c1-2-10-5-6-11(20-10)14(17)16-13-9-4-3-8(7-9)12(13)15(18)19/h5-6,8-9,12-13H,2-4,7H2,1H3,(H,16,17)(H,18,19). The molecule has 2 bridgehead atoms. The number of hydrogen-bond acceptors (Lipinski definition) is 3. The first-order chi connectivity index (χ1) is 9.60. The summed E-state index contributed by atoms with van der Waals surface area (Å²) in [5, 5.41) is 12.4. The Hall–Kier alpha value is -1.36. The van der Waals surface area contributed by atoms with E-state index in [-0.39, 0.29) is 17.9 Å². The highest BCUT2D eigenvalue weighted by molar-refractivity contribution is 7.14. The summed E-state index contributed by atoms with van der Waals surface area (Å²) in [6.07, 6.45) is 3.91. The van der Waals surface area contributed by atoms with Gasteiger partial charge in [-0.3, -0.25) is 9.59 Å². The number of fused-ring (bicyclic) bond motifs is 2. The highest BCUT2D eigenvalue weighted by atomic mass is 32.1. The molecule has 1 aromatic heterocycles. The van der Waals surface area contributed by atoms with Crippen LogP contribution in [-0.4, -0.2) is 23.0 Å². The molecule has 0 aromatic carbocycles. The molecule has 2 saturated carbocycles. The first kappa shape index (κ1) is 13.6. The number of carbonyl (C=O) groups excluding carboxylic acids is 1. The van der Waals surface area contributed by atoms with E-state index in [4.69, 9.17) is 0 Å². The number of rotatable bonds is 4. The van der Waals surface area contributed by atoms with Crippen LogP contribution in [0.1, 0.15) is 40.7 Å². The van der Waals surface area contributed by atoms with Gasteiger partial charge in [-0.05, 0) is 49.7 Å². The van der Waals surface area contributed by atoms with Crippen LogP contribution in [0.2, 0.25) is 0 Å². The molecule has 4 atom stereocenters. The van der Waals surface area contributed by atoms with Crippen LogP contribution in [0.25, 0.3) is 0 Å². The second kappa shape index (κ2) is 5.20. The maximum absolute atomic E-state index is 12.3. The topological polar surface area (TPSA) is 66.4 Å². The van der Waals surface area contributed by atoms with Crippen molar-refractivity contribution < 1.29 is 14.7 Å².